The molecular weight excluding hydrogens is 382 g/mol. The van der Waals surface area contributed by atoms with Gasteiger partial charge in [0, 0.05) is 28.0 Å². The van der Waals surface area contributed by atoms with Crippen molar-refractivity contribution in [1.29, 1.82) is 0 Å². The van der Waals surface area contributed by atoms with E-state index in [1.165, 1.54) is 43.2 Å². The molecular formula is C25H24ClNO2. The van der Waals surface area contributed by atoms with Gasteiger partial charge < -0.3 is 4.98 Å². The molecule has 0 radical (unpaired) electrons. The minimum atomic E-state index is -0.202. The number of hydrogen-bond acceptors (Lipinski definition) is 2. The fourth-order valence-electron chi connectivity index (χ4n) is 5.11. The fourth-order valence-corrected chi connectivity index (χ4v) is 5.29. The lowest BCUT2D eigenvalue weighted by Crippen LogP contribution is -2.27. The van der Waals surface area contributed by atoms with Gasteiger partial charge in [-0.3, -0.25) is 9.59 Å². The standard InChI is InChI=1S/C25H24ClNO2/c26-19-10-11-21-20(14-19)25(29)24-22(27-21)12-18(13-23(24)28)17-8-6-16(7-9-17)15-4-2-1-3-5-15/h6-11,14-15,18H,1-5,12-13H2,(H,27,29). The van der Waals surface area contributed by atoms with Crippen LogP contribution < -0.4 is 5.43 Å². The van der Waals surface area contributed by atoms with E-state index < -0.39 is 0 Å². The minimum Gasteiger partial charge on any atom is -0.358 e. The van der Waals surface area contributed by atoms with Gasteiger partial charge in [-0.05, 0) is 60.4 Å². The molecule has 0 amide bonds. The van der Waals surface area contributed by atoms with E-state index >= 15 is 0 Å². The Morgan fingerprint density at radius 2 is 1.52 bits per heavy atom. The number of fused-ring (bicyclic) bond motifs is 2. The molecule has 1 N–H and O–H groups in total. The zero-order chi connectivity index (χ0) is 20.0. The van der Waals surface area contributed by atoms with Crippen molar-refractivity contribution in [2.45, 2.75) is 56.8 Å². The number of carbonyl (C=O) groups excluding carboxylic acids is 1. The summed E-state index contributed by atoms with van der Waals surface area (Å²) < 4.78 is 0. The number of ketones is 1. The summed E-state index contributed by atoms with van der Waals surface area (Å²) in [6.07, 6.45) is 7.64. The number of nitrogens with one attached hydrogen (secondary N) is 1. The number of aromatic nitrogens is 1. The van der Waals surface area contributed by atoms with Crippen LogP contribution in [-0.4, -0.2) is 10.8 Å². The molecule has 5 rings (SSSR count). The Kier molecular flexibility index (Phi) is 4.79. The second kappa shape index (κ2) is 7.46. The van der Waals surface area contributed by atoms with Crippen LogP contribution in [0.1, 0.15) is 77.5 Å². The Morgan fingerprint density at radius 3 is 2.24 bits per heavy atom. The molecule has 1 heterocycles. The van der Waals surface area contributed by atoms with Gasteiger partial charge >= 0.3 is 0 Å². The van der Waals surface area contributed by atoms with Crippen LogP contribution in [0.2, 0.25) is 5.02 Å². The molecule has 4 heteroatoms. The predicted octanol–water partition coefficient (Wildman–Crippen LogP) is 6.14. The molecule has 1 fully saturated rings. The average Bonchev–Trinajstić information content (AvgIpc) is 2.75. The number of halogens is 1. The van der Waals surface area contributed by atoms with E-state index in [4.69, 9.17) is 11.6 Å². The Bertz CT molecular complexity index is 1140. The quantitative estimate of drug-likeness (QED) is 0.556. The molecule has 1 atom stereocenters. The fraction of sp³-hybridized carbons (Fsp3) is 0.360. The van der Waals surface area contributed by atoms with E-state index in [1.54, 1.807) is 12.1 Å². The number of pyridine rings is 1. The third-order valence-corrected chi connectivity index (χ3v) is 6.92. The van der Waals surface area contributed by atoms with Crippen molar-refractivity contribution in [1.82, 2.24) is 4.98 Å². The minimum absolute atomic E-state index is 0.0734. The molecule has 1 saturated carbocycles. The van der Waals surface area contributed by atoms with Crippen molar-refractivity contribution in [3.05, 3.63) is 80.1 Å². The molecule has 2 aliphatic carbocycles. The Labute approximate surface area is 175 Å². The third-order valence-electron chi connectivity index (χ3n) is 6.69. The summed E-state index contributed by atoms with van der Waals surface area (Å²) in [4.78, 5) is 29.1. The van der Waals surface area contributed by atoms with Crippen molar-refractivity contribution in [2.75, 3.05) is 0 Å². The maximum absolute atomic E-state index is 12.9. The second-order valence-corrected chi connectivity index (χ2v) is 8.96. The molecule has 1 unspecified atom stereocenters. The highest BCUT2D eigenvalue weighted by Crippen LogP contribution is 2.35. The lowest BCUT2D eigenvalue weighted by atomic mass is 9.79. The Hall–Kier alpha value is -2.39. The molecule has 0 aliphatic heterocycles. The maximum atomic E-state index is 12.9. The highest BCUT2D eigenvalue weighted by atomic mass is 35.5. The molecule has 148 valence electrons. The predicted molar refractivity (Wildman–Crippen MR) is 117 cm³/mol. The largest absolute Gasteiger partial charge is 0.358 e. The number of aromatic amines is 1. The first kappa shape index (κ1) is 18.6. The summed E-state index contributed by atoms with van der Waals surface area (Å²) in [5, 5.41) is 0.988. The average molecular weight is 406 g/mol. The number of carbonyl (C=O) groups is 1. The normalized spacial score (nSPS) is 20.0. The summed E-state index contributed by atoms with van der Waals surface area (Å²) >= 11 is 6.04. The highest BCUT2D eigenvalue weighted by Gasteiger charge is 2.30. The lowest BCUT2D eigenvalue weighted by Gasteiger charge is -2.25. The van der Waals surface area contributed by atoms with Crippen LogP contribution in [0.5, 0.6) is 0 Å². The van der Waals surface area contributed by atoms with E-state index in [-0.39, 0.29) is 17.1 Å². The van der Waals surface area contributed by atoms with Gasteiger partial charge in [0.05, 0.1) is 5.56 Å². The van der Waals surface area contributed by atoms with Crippen LogP contribution in [0.4, 0.5) is 0 Å². The van der Waals surface area contributed by atoms with Crippen molar-refractivity contribution in [3.63, 3.8) is 0 Å². The molecule has 0 spiro atoms. The summed E-state index contributed by atoms with van der Waals surface area (Å²) in [6, 6.07) is 14.1. The molecule has 2 aliphatic rings. The smallest absolute Gasteiger partial charge is 0.200 e. The maximum Gasteiger partial charge on any atom is 0.200 e. The van der Waals surface area contributed by atoms with E-state index in [0.29, 0.717) is 34.7 Å². The van der Waals surface area contributed by atoms with Crippen LogP contribution in [0.3, 0.4) is 0 Å². The van der Waals surface area contributed by atoms with E-state index in [9.17, 15) is 9.59 Å². The van der Waals surface area contributed by atoms with Gasteiger partial charge in [0.15, 0.2) is 5.78 Å². The topological polar surface area (TPSA) is 49.9 Å². The number of rotatable bonds is 2. The molecule has 0 bridgehead atoms. The second-order valence-electron chi connectivity index (χ2n) is 8.53. The van der Waals surface area contributed by atoms with Crippen LogP contribution in [-0.2, 0) is 6.42 Å². The van der Waals surface area contributed by atoms with Gasteiger partial charge in [0.1, 0.15) is 0 Å². The van der Waals surface area contributed by atoms with E-state index in [2.05, 4.69) is 29.2 Å². The Morgan fingerprint density at radius 1 is 0.828 bits per heavy atom. The molecule has 3 nitrogen and oxygen atoms in total. The van der Waals surface area contributed by atoms with Crippen LogP contribution in [0, 0.1) is 0 Å². The van der Waals surface area contributed by atoms with Gasteiger partial charge in [-0.25, -0.2) is 0 Å². The first-order valence-corrected chi connectivity index (χ1v) is 11.0. The van der Waals surface area contributed by atoms with Gasteiger partial charge in [0.2, 0.25) is 5.43 Å². The van der Waals surface area contributed by atoms with Gasteiger partial charge in [0.25, 0.3) is 0 Å². The zero-order valence-corrected chi connectivity index (χ0v) is 17.1. The summed E-state index contributed by atoms with van der Waals surface area (Å²) in [5.74, 6) is 0.715. The first-order chi connectivity index (χ1) is 14.1. The number of benzene rings is 2. The van der Waals surface area contributed by atoms with E-state index in [0.717, 1.165) is 11.2 Å². The van der Waals surface area contributed by atoms with E-state index in [1.807, 2.05) is 6.07 Å². The van der Waals surface area contributed by atoms with Gasteiger partial charge in [-0.15, -0.1) is 0 Å². The summed E-state index contributed by atoms with van der Waals surface area (Å²) in [6.45, 7) is 0. The summed E-state index contributed by atoms with van der Waals surface area (Å²) in [7, 11) is 0. The van der Waals surface area contributed by atoms with Crippen molar-refractivity contribution < 1.29 is 4.79 Å². The zero-order valence-electron chi connectivity index (χ0n) is 16.3. The number of hydrogen-bond donors (Lipinski definition) is 1. The van der Waals surface area contributed by atoms with Crippen LogP contribution in [0.15, 0.2) is 47.3 Å². The summed E-state index contributed by atoms with van der Waals surface area (Å²) in [5.41, 5.74) is 4.21. The highest BCUT2D eigenvalue weighted by molar-refractivity contribution is 6.31. The lowest BCUT2D eigenvalue weighted by molar-refractivity contribution is 0.0962. The molecule has 0 saturated heterocycles. The van der Waals surface area contributed by atoms with Crippen LogP contribution >= 0.6 is 11.6 Å². The first-order valence-electron chi connectivity index (χ1n) is 10.6. The van der Waals surface area contributed by atoms with Crippen molar-refractivity contribution >= 4 is 28.3 Å². The number of H-pyrrole nitrogens is 1. The van der Waals surface area contributed by atoms with Crippen molar-refractivity contribution in [3.8, 4) is 0 Å². The van der Waals surface area contributed by atoms with Gasteiger partial charge in [-0.1, -0.05) is 55.1 Å². The number of Topliss-reactive ketones (excluding diaryl/α,β-unsaturated/α-hetero) is 1. The molecule has 3 aromatic rings. The monoisotopic (exact) mass is 405 g/mol. The molecule has 2 aromatic carbocycles. The van der Waals surface area contributed by atoms with Gasteiger partial charge in [-0.2, -0.15) is 0 Å². The molecule has 29 heavy (non-hydrogen) atoms. The third kappa shape index (κ3) is 3.42. The van der Waals surface area contributed by atoms with Crippen LogP contribution in [0.25, 0.3) is 10.9 Å². The molecule has 1 aromatic heterocycles. The SMILES string of the molecule is O=C1CC(c2ccc(C3CCCCC3)cc2)Cc2[nH]c3ccc(Cl)cc3c(=O)c21. The van der Waals surface area contributed by atoms with Crippen molar-refractivity contribution in [2.24, 2.45) is 0 Å². The Balaban J connectivity index is 1.46.